The molecule has 0 amide bonds. The molecular formula is C14H28F2O. The number of rotatable bonds is 1. The number of hydrogen-bond donors (Lipinski definition) is 0. The molecule has 0 bridgehead atoms. The molecule has 4 unspecified atom stereocenters. The van der Waals surface area contributed by atoms with E-state index in [1.165, 1.54) is 12.8 Å². The summed E-state index contributed by atoms with van der Waals surface area (Å²) in [6, 6.07) is 0. The Hall–Kier alpha value is -0.180. The molecule has 0 aromatic carbocycles. The molecule has 0 radical (unpaired) electrons. The van der Waals surface area contributed by atoms with E-state index in [-0.39, 0.29) is 18.7 Å². The van der Waals surface area contributed by atoms with Crippen molar-refractivity contribution in [3.63, 3.8) is 0 Å². The zero-order valence-electron chi connectivity index (χ0n) is 11.0. The Bertz CT molecular complexity index is 232. The van der Waals surface area contributed by atoms with E-state index in [2.05, 4.69) is 6.92 Å². The van der Waals surface area contributed by atoms with Gasteiger partial charge in [-0.05, 0) is 49.4 Å². The third-order valence-corrected chi connectivity index (χ3v) is 4.88. The van der Waals surface area contributed by atoms with Crippen LogP contribution in [0.4, 0.5) is 8.78 Å². The highest BCUT2D eigenvalue weighted by atomic mass is 19.2. The summed E-state index contributed by atoms with van der Waals surface area (Å²) in [7, 11) is 0. The van der Waals surface area contributed by atoms with Crippen molar-refractivity contribution in [1.29, 1.82) is 0 Å². The van der Waals surface area contributed by atoms with Crippen LogP contribution in [0.15, 0.2) is 0 Å². The fraction of sp³-hybridized carbons (Fsp3) is 1.00. The van der Waals surface area contributed by atoms with Crippen LogP contribution in [0.25, 0.3) is 0 Å². The van der Waals surface area contributed by atoms with Gasteiger partial charge in [-0.2, -0.15) is 0 Å². The Labute approximate surface area is 105 Å². The summed E-state index contributed by atoms with van der Waals surface area (Å²) in [5.74, 6) is 1.18. The average molecular weight is 250 g/mol. The van der Waals surface area contributed by atoms with E-state index >= 15 is 0 Å². The van der Waals surface area contributed by atoms with Gasteiger partial charge >= 0.3 is 0 Å². The summed E-state index contributed by atoms with van der Waals surface area (Å²) < 4.78 is 27.7. The van der Waals surface area contributed by atoms with Crippen molar-refractivity contribution in [2.75, 3.05) is 0 Å². The maximum Gasteiger partial charge on any atom is 0.134 e. The summed E-state index contributed by atoms with van der Waals surface area (Å²) >= 11 is 0. The molecule has 0 aromatic rings. The fourth-order valence-corrected chi connectivity index (χ4v) is 3.53. The summed E-state index contributed by atoms with van der Waals surface area (Å²) in [6.07, 6.45) is 4.03. The maximum absolute atomic E-state index is 14.0. The smallest absolute Gasteiger partial charge is 0.134 e. The Morgan fingerprint density at radius 2 is 1.41 bits per heavy atom. The van der Waals surface area contributed by atoms with Crippen molar-refractivity contribution in [2.24, 2.45) is 23.7 Å². The first-order valence-corrected chi connectivity index (χ1v) is 6.87. The Kier molecular flexibility index (Phi) is 5.36. The zero-order chi connectivity index (χ0) is 11.7. The molecule has 0 heterocycles. The molecule has 1 nitrogen and oxygen atoms in total. The molecule has 104 valence electrons. The molecule has 0 saturated heterocycles. The lowest BCUT2D eigenvalue weighted by molar-refractivity contribution is -0.00577. The van der Waals surface area contributed by atoms with Gasteiger partial charge in [-0.3, -0.25) is 0 Å². The molecule has 0 aliphatic heterocycles. The van der Waals surface area contributed by atoms with Gasteiger partial charge in [-0.15, -0.1) is 0 Å². The lowest BCUT2D eigenvalue weighted by atomic mass is 9.68. The van der Waals surface area contributed by atoms with Crippen LogP contribution < -0.4 is 0 Å². The van der Waals surface area contributed by atoms with E-state index in [0.29, 0.717) is 5.92 Å². The molecule has 2 aliphatic rings. The van der Waals surface area contributed by atoms with Gasteiger partial charge in [0.05, 0.1) is 0 Å². The highest BCUT2D eigenvalue weighted by Gasteiger charge is 2.42. The quantitative estimate of drug-likeness (QED) is 0.674. The van der Waals surface area contributed by atoms with Crippen LogP contribution in [0.1, 0.15) is 53.8 Å². The first-order chi connectivity index (χ1) is 7.59. The van der Waals surface area contributed by atoms with E-state index in [1.54, 1.807) is 0 Å². The zero-order valence-corrected chi connectivity index (χ0v) is 11.0. The SMILES string of the molecule is CC1CCC(C2CCC(C)C(F)C2F)CC1.O.[HH]. The van der Waals surface area contributed by atoms with Gasteiger partial charge in [-0.1, -0.05) is 26.7 Å². The van der Waals surface area contributed by atoms with Gasteiger partial charge < -0.3 is 5.48 Å². The van der Waals surface area contributed by atoms with E-state index in [9.17, 15) is 8.78 Å². The molecule has 0 spiro atoms. The van der Waals surface area contributed by atoms with Gasteiger partial charge in [0, 0.05) is 1.43 Å². The van der Waals surface area contributed by atoms with Gasteiger partial charge in [0.1, 0.15) is 12.3 Å². The van der Waals surface area contributed by atoms with Crippen LogP contribution in [0.5, 0.6) is 0 Å². The maximum atomic E-state index is 14.0. The predicted molar refractivity (Wildman–Crippen MR) is 68.5 cm³/mol. The number of halogens is 2. The molecule has 4 atom stereocenters. The van der Waals surface area contributed by atoms with Crippen molar-refractivity contribution in [3.05, 3.63) is 0 Å². The monoisotopic (exact) mass is 250 g/mol. The lowest BCUT2D eigenvalue weighted by Crippen LogP contribution is -2.41. The Morgan fingerprint density at radius 3 is 2.00 bits per heavy atom. The summed E-state index contributed by atoms with van der Waals surface area (Å²) in [6.45, 7) is 4.11. The molecule has 2 N–H and O–H groups in total. The lowest BCUT2D eigenvalue weighted by Gasteiger charge is -2.40. The fourth-order valence-electron chi connectivity index (χ4n) is 3.53. The average Bonchev–Trinajstić information content (AvgIpc) is 2.28. The number of hydrogen-bond acceptors (Lipinski definition) is 0. The molecular weight excluding hydrogens is 222 g/mol. The van der Waals surface area contributed by atoms with E-state index in [0.717, 1.165) is 31.6 Å². The molecule has 17 heavy (non-hydrogen) atoms. The van der Waals surface area contributed by atoms with Crippen LogP contribution in [-0.2, 0) is 0 Å². The summed E-state index contributed by atoms with van der Waals surface area (Å²) in [4.78, 5) is 0. The van der Waals surface area contributed by atoms with Crippen LogP contribution in [0, 0.1) is 23.7 Å². The third kappa shape index (κ3) is 3.18. The second-order valence-corrected chi connectivity index (χ2v) is 6.13. The Morgan fingerprint density at radius 1 is 0.824 bits per heavy atom. The largest absolute Gasteiger partial charge is 0.412 e. The Balaban J connectivity index is 0.00000144. The molecule has 3 heteroatoms. The van der Waals surface area contributed by atoms with Crippen molar-refractivity contribution in [3.8, 4) is 0 Å². The minimum atomic E-state index is -1.21. The van der Waals surface area contributed by atoms with Crippen LogP contribution in [0.2, 0.25) is 0 Å². The van der Waals surface area contributed by atoms with Gasteiger partial charge in [0.15, 0.2) is 0 Å². The second-order valence-electron chi connectivity index (χ2n) is 6.13. The van der Waals surface area contributed by atoms with Crippen LogP contribution >= 0.6 is 0 Å². The first kappa shape index (κ1) is 14.9. The minimum absolute atomic E-state index is 0. The third-order valence-electron chi connectivity index (χ3n) is 4.88. The number of alkyl halides is 2. The summed E-state index contributed by atoms with van der Waals surface area (Å²) in [5.41, 5.74) is 0. The minimum Gasteiger partial charge on any atom is -0.412 e. The van der Waals surface area contributed by atoms with Crippen LogP contribution in [-0.4, -0.2) is 17.8 Å². The molecule has 2 aliphatic carbocycles. The van der Waals surface area contributed by atoms with Crippen molar-refractivity contribution in [2.45, 2.75) is 64.7 Å². The van der Waals surface area contributed by atoms with Crippen LogP contribution in [0.3, 0.4) is 0 Å². The normalized spacial score (nSPS) is 47.3. The topological polar surface area (TPSA) is 31.5 Å². The highest BCUT2D eigenvalue weighted by Crippen LogP contribution is 2.43. The first-order valence-electron chi connectivity index (χ1n) is 6.87. The predicted octanol–water partition coefficient (Wildman–Crippen LogP) is 3.96. The standard InChI is InChI=1S/C14H24F2.H2O.H2/c1-9-3-6-11(7-4-9)12-8-5-10(2)13(15)14(12)16;;/h9-14H,3-8H2,1-2H3;1H2;1H. The molecule has 2 rings (SSSR count). The van der Waals surface area contributed by atoms with Crippen molar-refractivity contribution < 1.29 is 15.7 Å². The highest BCUT2D eigenvalue weighted by molar-refractivity contribution is 4.90. The molecule has 0 aromatic heterocycles. The van der Waals surface area contributed by atoms with Crippen molar-refractivity contribution >= 4 is 0 Å². The second kappa shape index (κ2) is 6.12. The van der Waals surface area contributed by atoms with Gasteiger partial charge in [0.25, 0.3) is 0 Å². The summed E-state index contributed by atoms with van der Waals surface area (Å²) in [5, 5.41) is 0. The van der Waals surface area contributed by atoms with E-state index < -0.39 is 12.3 Å². The van der Waals surface area contributed by atoms with Crippen molar-refractivity contribution in [1.82, 2.24) is 0 Å². The molecule has 2 saturated carbocycles. The van der Waals surface area contributed by atoms with Gasteiger partial charge in [0.2, 0.25) is 0 Å². The molecule has 2 fully saturated rings. The van der Waals surface area contributed by atoms with E-state index in [1.807, 2.05) is 6.92 Å². The van der Waals surface area contributed by atoms with E-state index in [4.69, 9.17) is 0 Å². The van der Waals surface area contributed by atoms with Gasteiger partial charge in [-0.25, -0.2) is 8.78 Å².